The number of hydrogen-bond donors (Lipinski definition) is 1. The second-order valence-corrected chi connectivity index (χ2v) is 6.58. The molecule has 106 valence electrons. The third kappa shape index (κ3) is 4.16. The highest BCUT2D eigenvalue weighted by atomic mass is 35.5. The first-order valence-electron chi connectivity index (χ1n) is 6.56. The van der Waals surface area contributed by atoms with E-state index in [2.05, 4.69) is 13.0 Å². The maximum atomic E-state index is 6.22. The van der Waals surface area contributed by atoms with E-state index in [9.17, 15) is 0 Å². The van der Waals surface area contributed by atoms with Gasteiger partial charge >= 0.3 is 0 Å². The summed E-state index contributed by atoms with van der Waals surface area (Å²) in [5.74, 6) is 0. The van der Waals surface area contributed by atoms with Gasteiger partial charge in [-0.2, -0.15) is 0 Å². The van der Waals surface area contributed by atoms with Crippen molar-refractivity contribution in [2.45, 2.75) is 35.6 Å². The fourth-order valence-corrected chi connectivity index (χ4v) is 3.37. The summed E-state index contributed by atoms with van der Waals surface area (Å²) in [6.07, 6.45) is 1.80. The van der Waals surface area contributed by atoms with Crippen LogP contribution in [0.3, 0.4) is 0 Å². The van der Waals surface area contributed by atoms with Crippen LogP contribution in [0.25, 0.3) is 0 Å². The molecular weight excluding hydrogens is 309 g/mol. The molecule has 1 atom stereocenters. The van der Waals surface area contributed by atoms with Gasteiger partial charge in [0.05, 0.1) is 5.02 Å². The van der Waals surface area contributed by atoms with Gasteiger partial charge in [-0.3, -0.25) is 0 Å². The van der Waals surface area contributed by atoms with E-state index in [0.717, 1.165) is 32.7 Å². The first-order valence-corrected chi connectivity index (χ1v) is 8.13. The quantitative estimate of drug-likeness (QED) is 0.793. The predicted octanol–water partition coefficient (Wildman–Crippen LogP) is 5.42. The average Bonchev–Trinajstić information content (AvgIpc) is 2.44. The van der Waals surface area contributed by atoms with Crippen LogP contribution in [0.2, 0.25) is 10.0 Å². The lowest BCUT2D eigenvalue weighted by molar-refractivity contribution is 0.641. The van der Waals surface area contributed by atoms with E-state index in [1.807, 2.05) is 36.4 Å². The Morgan fingerprint density at radius 2 is 1.85 bits per heavy atom. The van der Waals surface area contributed by atoms with Crippen LogP contribution < -0.4 is 5.73 Å². The van der Waals surface area contributed by atoms with E-state index >= 15 is 0 Å². The van der Waals surface area contributed by atoms with Crippen LogP contribution in [0.4, 0.5) is 0 Å². The van der Waals surface area contributed by atoms with Gasteiger partial charge in [0.15, 0.2) is 0 Å². The summed E-state index contributed by atoms with van der Waals surface area (Å²) in [6.45, 7) is 2.10. The summed E-state index contributed by atoms with van der Waals surface area (Å²) < 4.78 is 0. The van der Waals surface area contributed by atoms with Crippen molar-refractivity contribution < 1.29 is 0 Å². The monoisotopic (exact) mass is 325 g/mol. The van der Waals surface area contributed by atoms with Gasteiger partial charge in [-0.05, 0) is 42.7 Å². The molecule has 0 heterocycles. The molecule has 0 aliphatic heterocycles. The zero-order valence-corrected chi connectivity index (χ0v) is 13.6. The summed E-state index contributed by atoms with van der Waals surface area (Å²) in [5.41, 5.74) is 7.28. The zero-order valence-electron chi connectivity index (χ0n) is 11.3. The van der Waals surface area contributed by atoms with Crippen LogP contribution in [0.1, 0.15) is 18.9 Å². The van der Waals surface area contributed by atoms with Crippen LogP contribution in [0.5, 0.6) is 0 Å². The van der Waals surface area contributed by atoms with Gasteiger partial charge < -0.3 is 5.73 Å². The van der Waals surface area contributed by atoms with E-state index in [-0.39, 0.29) is 6.04 Å². The van der Waals surface area contributed by atoms with Gasteiger partial charge in [0, 0.05) is 20.9 Å². The Kier molecular flexibility index (Phi) is 5.79. The number of halogens is 2. The molecule has 0 spiro atoms. The Labute approximate surface area is 134 Å². The molecule has 0 fully saturated rings. The highest BCUT2D eigenvalue weighted by Crippen LogP contribution is 2.36. The van der Waals surface area contributed by atoms with Gasteiger partial charge in [0.2, 0.25) is 0 Å². The lowest BCUT2D eigenvalue weighted by atomic mass is 10.1. The minimum absolute atomic E-state index is 0.168. The molecular formula is C16H17Cl2NS. The van der Waals surface area contributed by atoms with Crippen molar-refractivity contribution >= 4 is 35.0 Å². The van der Waals surface area contributed by atoms with Gasteiger partial charge in [-0.1, -0.05) is 60.1 Å². The fraction of sp³-hybridized carbons (Fsp3) is 0.250. The highest BCUT2D eigenvalue weighted by Gasteiger charge is 2.10. The van der Waals surface area contributed by atoms with Gasteiger partial charge in [0.1, 0.15) is 0 Å². The molecule has 0 aliphatic rings. The number of nitrogens with two attached hydrogens (primary N) is 1. The maximum Gasteiger partial charge on any atom is 0.0545 e. The highest BCUT2D eigenvalue weighted by molar-refractivity contribution is 7.99. The maximum absolute atomic E-state index is 6.22. The molecule has 0 saturated heterocycles. The second kappa shape index (κ2) is 7.37. The van der Waals surface area contributed by atoms with Crippen molar-refractivity contribution in [3.8, 4) is 0 Å². The molecule has 20 heavy (non-hydrogen) atoms. The second-order valence-electron chi connectivity index (χ2n) is 4.66. The molecule has 0 saturated carbocycles. The van der Waals surface area contributed by atoms with E-state index < -0.39 is 0 Å². The average molecular weight is 326 g/mol. The third-order valence-electron chi connectivity index (χ3n) is 3.09. The molecule has 1 nitrogen and oxygen atoms in total. The molecule has 1 unspecified atom stereocenters. The normalized spacial score (nSPS) is 12.4. The van der Waals surface area contributed by atoms with Crippen LogP contribution in [0, 0.1) is 0 Å². The third-order valence-corrected chi connectivity index (χ3v) is 4.94. The lowest BCUT2D eigenvalue weighted by Gasteiger charge is -2.14. The van der Waals surface area contributed by atoms with Crippen LogP contribution in [0.15, 0.2) is 52.3 Å². The topological polar surface area (TPSA) is 26.0 Å². The van der Waals surface area contributed by atoms with E-state index in [1.165, 1.54) is 5.56 Å². The zero-order chi connectivity index (χ0) is 14.5. The standard InChI is InChI=1S/C16H17Cl2NS/c1-2-13(19)9-11-7-8-12(17)10-16(11)20-15-6-4-3-5-14(15)18/h3-8,10,13H,2,9,19H2,1H3. The molecule has 2 N–H and O–H groups in total. The van der Waals surface area contributed by atoms with Crippen LogP contribution >= 0.6 is 35.0 Å². The number of rotatable bonds is 5. The van der Waals surface area contributed by atoms with Gasteiger partial charge in [0.25, 0.3) is 0 Å². The van der Waals surface area contributed by atoms with Gasteiger partial charge in [-0.25, -0.2) is 0 Å². The Balaban J connectivity index is 2.30. The Morgan fingerprint density at radius 1 is 1.10 bits per heavy atom. The predicted molar refractivity (Wildman–Crippen MR) is 89.0 cm³/mol. The fourth-order valence-electron chi connectivity index (χ4n) is 1.86. The van der Waals surface area contributed by atoms with Crippen molar-refractivity contribution in [3.05, 3.63) is 58.1 Å². The molecule has 0 amide bonds. The molecule has 2 aromatic rings. The SMILES string of the molecule is CCC(N)Cc1ccc(Cl)cc1Sc1ccccc1Cl. The van der Waals surface area contributed by atoms with Crippen molar-refractivity contribution in [2.75, 3.05) is 0 Å². The van der Waals surface area contributed by atoms with Crippen LogP contribution in [-0.2, 0) is 6.42 Å². The van der Waals surface area contributed by atoms with Crippen LogP contribution in [-0.4, -0.2) is 6.04 Å². The molecule has 0 aliphatic carbocycles. The molecule has 2 rings (SSSR count). The van der Waals surface area contributed by atoms with E-state index in [0.29, 0.717) is 0 Å². The summed E-state index contributed by atoms with van der Waals surface area (Å²) in [7, 11) is 0. The Bertz CT molecular complexity index is 586. The first-order chi connectivity index (χ1) is 9.60. The molecule has 2 aromatic carbocycles. The number of benzene rings is 2. The Morgan fingerprint density at radius 3 is 2.55 bits per heavy atom. The number of hydrogen-bond acceptors (Lipinski definition) is 2. The Hall–Kier alpha value is -0.670. The van der Waals surface area contributed by atoms with E-state index in [4.69, 9.17) is 28.9 Å². The van der Waals surface area contributed by atoms with Crippen molar-refractivity contribution in [2.24, 2.45) is 5.73 Å². The molecule has 0 aromatic heterocycles. The van der Waals surface area contributed by atoms with Crippen molar-refractivity contribution in [3.63, 3.8) is 0 Å². The summed E-state index contributed by atoms with van der Waals surface area (Å²) in [6, 6.07) is 13.9. The lowest BCUT2D eigenvalue weighted by Crippen LogP contribution is -2.21. The minimum atomic E-state index is 0.168. The van der Waals surface area contributed by atoms with E-state index in [1.54, 1.807) is 11.8 Å². The van der Waals surface area contributed by atoms with Gasteiger partial charge in [-0.15, -0.1) is 0 Å². The van der Waals surface area contributed by atoms with Crippen molar-refractivity contribution in [1.82, 2.24) is 0 Å². The van der Waals surface area contributed by atoms with Crippen molar-refractivity contribution in [1.29, 1.82) is 0 Å². The summed E-state index contributed by atoms with van der Waals surface area (Å²) >= 11 is 14.0. The minimum Gasteiger partial charge on any atom is -0.327 e. The first kappa shape index (κ1) is 15.7. The summed E-state index contributed by atoms with van der Waals surface area (Å²) in [4.78, 5) is 2.15. The molecule has 0 radical (unpaired) electrons. The largest absolute Gasteiger partial charge is 0.327 e. The molecule has 4 heteroatoms. The smallest absolute Gasteiger partial charge is 0.0545 e. The summed E-state index contributed by atoms with van der Waals surface area (Å²) in [5, 5.41) is 1.48. The molecule has 0 bridgehead atoms.